The van der Waals surface area contributed by atoms with E-state index in [1.165, 1.54) is 0 Å². The van der Waals surface area contributed by atoms with Crippen LogP contribution in [0.5, 0.6) is 5.75 Å². The van der Waals surface area contributed by atoms with E-state index in [1.807, 2.05) is 6.92 Å². The fraction of sp³-hybridized carbons (Fsp3) is 0.562. The Morgan fingerprint density at radius 3 is 2.57 bits per heavy atom. The zero-order valence-corrected chi connectivity index (χ0v) is 13.6. The third-order valence-electron chi connectivity index (χ3n) is 3.42. The molecular formula is C16H27N3O2. The molecule has 1 unspecified atom stereocenters. The SMILES string of the molecule is CCN(CC(C)C)C(C)C(=O)Nc1ccc(N)cc1OC. The van der Waals surface area contributed by atoms with Gasteiger partial charge in [-0.2, -0.15) is 0 Å². The summed E-state index contributed by atoms with van der Waals surface area (Å²) in [6.07, 6.45) is 0. The van der Waals surface area contributed by atoms with Crippen molar-refractivity contribution in [3.8, 4) is 5.75 Å². The van der Waals surface area contributed by atoms with Crippen molar-refractivity contribution in [2.75, 3.05) is 31.2 Å². The van der Waals surface area contributed by atoms with Gasteiger partial charge in [-0.05, 0) is 31.5 Å². The summed E-state index contributed by atoms with van der Waals surface area (Å²) in [7, 11) is 1.56. The molecule has 1 atom stereocenters. The van der Waals surface area contributed by atoms with Gasteiger partial charge in [0.25, 0.3) is 0 Å². The molecule has 1 aromatic carbocycles. The Kier molecular flexibility index (Phi) is 6.49. The van der Waals surface area contributed by atoms with Gasteiger partial charge in [0.1, 0.15) is 5.75 Å². The minimum atomic E-state index is -0.195. The van der Waals surface area contributed by atoms with E-state index in [2.05, 4.69) is 31.0 Å². The third kappa shape index (κ3) is 4.93. The molecule has 0 fully saturated rings. The van der Waals surface area contributed by atoms with E-state index in [1.54, 1.807) is 25.3 Å². The number of anilines is 2. The number of nitrogens with one attached hydrogen (secondary N) is 1. The minimum Gasteiger partial charge on any atom is -0.494 e. The van der Waals surface area contributed by atoms with Gasteiger partial charge in [0.05, 0.1) is 18.8 Å². The lowest BCUT2D eigenvalue weighted by atomic mass is 10.1. The number of nitrogens with zero attached hydrogens (tertiary/aromatic N) is 1. The number of likely N-dealkylation sites (N-methyl/N-ethyl adjacent to an activating group) is 1. The highest BCUT2D eigenvalue weighted by molar-refractivity contribution is 5.96. The first-order valence-electron chi connectivity index (χ1n) is 7.37. The number of carbonyl (C=O) groups is 1. The van der Waals surface area contributed by atoms with Crippen LogP contribution in [-0.2, 0) is 4.79 Å². The summed E-state index contributed by atoms with van der Waals surface area (Å²) in [4.78, 5) is 14.6. The molecule has 5 heteroatoms. The number of amides is 1. The minimum absolute atomic E-state index is 0.0411. The van der Waals surface area contributed by atoms with Crippen LogP contribution >= 0.6 is 0 Å². The Morgan fingerprint density at radius 1 is 1.38 bits per heavy atom. The van der Waals surface area contributed by atoms with E-state index in [0.717, 1.165) is 13.1 Å². The maximum Gasteiger partial charge on any atom is 0.241 e. The molecule has 0 radical (unpaired) electrons. The number of hydrogen-bond acceptors (Lipinski definition) is 4. The molecule has 5 nitrogen and oxygen atoms in total. The summed E-state index contributed by atoms with van der Waals surface area (Å²) in [5.41, 5.74) is 6.96. The number of benzene rings is 1. The molecule has 1 aromatic rings. The lowest BCUT2D eigenvalue weighted by Crippen LogP contribution is -2.43. The summed E-state index contributed by atoms with van der Waals surface area (Å²) >= 11 is 0. The first kappa shape index (κ1) is 17.3. The van der Waals surface area contributed by atoms with Crippen LogP contribution in [-0.4, -0.2) is 37.0 Å². The number of nitrogen functional groups attached to an aromatic ring is 1. The number of carbonyl (C=O) groups excluding carboxylic acids is 1. The lowest BCUT2D eigenvalue weighted by Gasteiger charge is -2.28. The van der Waals surface area contributed by atoms with Crippen LogP contribution < -0.4 is 15.8 Å². The van der Waals surface area contributed by atoms with Crippen LogP contribution in [0, 0.1) is 5.92 Å². The molecule has 0 aliphatic rings. The number of rotatable bonds is 7. The number of ether oxygens (including phenoxy) is 1. The van der Waals surface area contributed by atoms with Crippen LogP contribution in [0.2, 0.25) is 0 Å². The fourth-order valence-corrected chi connectivity index (χ4v) is 2.24. The summed E-state index contributed by atoms with van der Waals surface area (Å²) in [6.45, 7) is 10.0. The van der Waals surface area contributed by atoms with Crippen LogP contribution in [0.25, 0.3) is 0 Å². The zero-order chi connectivity index (χ0) is 16.0. The standard InChI is InChI=1S/C16H27N3O2/c1-6-19(10-11(2)3)12(4)16(20)18-14-8-7-13(17)9-15(14)21-5/h7-9,11-12H,6,10,17H2,1-5H3,(H,18,20). The molecule has 0 aliphatic carbocycles. The van der Waals surface area contributed by atoms with Gasteiger partial charge in [-0.15, -0.1) is 0 Å². The summed E-state index contributed by atoms with van der Waals surface area (Å²) in [6, 6.07) is 5.01. The molecule has 3 N–H and O–H groups in total. The zero-order valence-electron chi connectivity index (χ0n) is 13.6. The normalized spacial score (nSPS) is 12.5. The van der Waals surface area contributed by atoms with Gasteiger partial charge < -0.3 is 15.8 Å². The molecule has 0 saturated heterocycles. The Balaban J connectivity index is 2.80. The van der Waals surface area contributed by atoms with Crippen molar-refractivity contribution in [1.29, 1.82) is 0 Å². The molecular weight excluding hydrogens is 266 g/mol. The summed E-state index contributed by atoms with van der Waals surface area (Å²) < 4.78 is 5.25. The number of methoxy groups -OCH3 is 1. The van der Waals surface area contributed by atoms with Crippen molar-refractivity contribution in [2.24, 2.45) is 5.92 Å². The van der Waals surface area contributed by atoms with Crippen LogP contribution in [0.4, 0.5) is 11.4 Å². The van der Waals surface area contributed by atoms with Gasteiger partial charge >= 0.3 is 0 Å². The fourth-order valence-electron chi connectivity index (χ4n) is 2.24. The van der Waals surface area contributed by atoms with Crippen molar-refractivity contribution < 1.29 is 9.53 Å². The van der Waals surface area contributed by atoms with Gasteiger partial charge in [0.15, 0.2) is 0 Å². The Labute approximate surface area is 127 Å². The third-order valence-corrected chi connectivity index (χ3v) is 3.42. The average molecular weight is 293 g/mol. The summed E-state index contributed by atoms with van der Waals surface area (Å²) in [5.74, 6) is 1.05. The predicted octanol–water partition coefficient (Wildman–Crippen LogP) is 2.58. The molecule has 0 spiro atoms. The largest absolute Gasteiger partial charge is 0.494 e. The van der Waals surface area contributed by atoms with Crippen molar-refractivity contribution in [1.82, 2.24) is 4.90 Å². The van der Waals surface area contributed by atoms with E-state index < -0.39 is 0 Å². The van der Waals surface area contributed by atoms with Crippen LogP contribution in [0.15, 0.2) is 18.2 Å². The molecule has 21 heavy (non-hydrogen) atoms. The van der Waals surface area contributed by atoms with Gasteiger partial charge in [0, 0.05) is 18.3 Å². The van der Waals surface area contributed by atoms with Gasteiger partial charge in [-0.25, -0.2) is 0 Å². The van der Waals surface area contributed by atoms with Crippen LogP contribution in [0.3, 0.4) is 0 Å². The first-order valence-corrected chi connectivity index (χ1v) is 7.37. The molecule has 1 rings (SSSR count). The van der Waals surface area contributed by atoms with Crippen molar-refractivity contribution in [3.63, 3.8) is 0 Å². The van der Waals surface area contributed by atoms with Gasteiger partial charge in [-0.3, -0.25) is 9.69 Å². The maximum absolute atomic E-state index is 12.4. The number of hydrogen-bond donors (Lipinski definition) is 2. The quantitative estimate of drug-likeness (QED) is 0.758. The topological polar surface area (TPSA) is 67.6 Å². The molecule has 118 valence electrons. The van der Waals surface area contributed by atoms with Crippen molar-refractivity contribution in [2.45, 2.75) is 33.7 Å². The van der Waals surface area contributed by atoms with Gasteiger partial charge in [-0.1, -0.05) is 20.8 Å². The highest BCUT2D eigenvalue weighted by Gasteiger charge is 2.21. The molecule has 0 saturated carbocycles. The predicted molar refractivity (Wildman–Crippen MR) is 87.6 cm³/mol. The van der Waals surface area contributed by atoms with E-state index in [9.17, 15) is 4.79 Å². The Morgan fingerprint density at radius 2 is 2.05 bits per heavy atom. The van der Waals surface area contributed by atoms with E-state index in [0.29, 0.717) is 23.0 Å². The lowest BCUT2D eigenvalue weighted by molar-refractivity contribution is -0.120. The molecule has 0 aromatic heterocycles. The molecule has 1 amide bonds. The molecule has 0 bridgehead atoms. The molecule has 0 aliphatic heterocycles. The average Bonchev–Trinajstić information content (AvgIpc) is 2.45. The second-order valence-corrected chi connectivity index (χ2v) is 5.61. The first-order chi connectivity index (χ1) is 9.88. The maximum atomic E-state index is 12.4. The Hall–Kier alpha value is -1.75. The second kappa shape index (κ2) is 7.88. The van der Waals surface area contributed by atoms with Crippen molar-refractivity contribution in [3.05, 3.63) is 18.2 Å². The van der Waals surface area contributed by atoms with E-state index >= 15 is 0 Å². The van der Waals surface area contributed by atoms with E-state index in [-0.39, 0.29) is 11.9 Å². The second-order valence-electron chi connectivity index (χ2n) is 5.61. The number of nitrogens with two attached hydrogens (primary N) is 1. The molecule has 0 heterocycles. The van der Waals surface area contributed by atoms with Gasteiger partial charge in [0.2, 0.25) is 5.91 Å². The Bertz CT molecular complexity index is 475. The van der Waals surface area contributed by atoms with Crippen molar-refractivity contribution >= 4 is 17.3 Å². The smallest absolute Gasteiger partial charge is 0.241 e. The summed E-state index contributed by atoms with van der Waals surface area (Å²) in [5, 5.41) is 2.92. The van der Waals surface area contributed by atoms with E-state index in [4.69, 9.17) is 10.5 Å². The highest BCUT2D eigenvalue weighted by atomic mass is 16.5. The van der Waals surface area contributed by atoms with Crippen LogP contribution in [0.1, 0.15) is 27.7 Å². The monoisotopic (exact) mass is 293 g/mol. The highest BCUT2D eigenvalue weighted by Crippen LogP contribution is 2.26.